The number of methoxy groups -OCH3 is 1. The summed E-state index contributed by atoms with van der Waals surface area (Å²) < 4.78 is 5.18. The normalized spacial score (nSPS) is 13.8. The highest BCUT2D eigenvalue weighted by atomic mass is 16.5. The van der Waals surface area contributed by atoms with Crippen molar-refractivity contribution in [1.82, 2.24) is 4.90 Å². The van der Waals surface area contributed by atoms with E-state index in [-0.39, 0.29) is 5.54 Å². The molecule has 0 heterocycles. The zero-order chi connectivity index (χ0) is 13.1. The third kappa shape index (κ3) is 3.45. The lowest BCUT2D eigenvalue weighted by Gasteiger charge is -2.37. The number of rotatable bonds is 5. The number of ether oxygens (including phenoxy) is 1. The number of hydrogen-bond acceptors (Lipinski definition) is 3. The maximum Gasteiger partial charge on any atom is 0.119 e. The highest BCUT2D eigenvalue weighted by Crippen LogP contribution is 2.21. The van der Waals surface area contributed by atoms with E-state index in [9.17, 15) is 5.11 Å². The summed E-state index contributed by atoms with van der Waals surface area (Å²) >= 11 is 0. The molecule has 1 aromatic carbocycles. The van der Waals surface area contributed by atoms with Crippen molar-refractivity contribution >= 4 is 0 Å². The van der Waals surface area contributed by atoms with Gasteiger partial charge in [-0.25, -0.2) is 0 Å². The van der Waals surface area contributed by atoms with Gasteiger partial charge in [-0.15, -0.1) is 0 Å². The van der Waals surface area contributed by atoms with E-state index >= 15 is 0 Å². The third-order valence-electron chi connectivity index (χ3n) is 3.53. The number of aliphatic hydroxyl groups is 1. The summed E-state index contributed by atoms with van der Waals surface area (Å²) in [6.07, 6.45) is 0.215. The standard InChI is InChI=1S/C14H23NO2/c1-14(2,15(3)4)13(16)10-11-7-6-8-12(9-11)17-5/h6-9,13,16H,10H2,1-5H3. The Kier molecular flexibility index (Phi) is 4.54. The monoisotopic (exact) mass is 237 g/mol. The minimum absolute atomic E-state index is 0.247. The van der Waals surface area contributed by atoms with Gasteiger partial charge in [0.05, 0.1) is 13.2 Å². The van der Waals surface area contributed by atoms with E-state index in [0.717, 1.165) is 11.3 Å². The first-order valence-electron chi connectivity index (χ1n) is 5.86. The van der Waals surface area contributed by atoms with E-state index in [1.165, 1.54) is 0 Å². The third-order valence-corrected chi connectivity index (χ3v) is 3.53. The molecule has 17 heavy (non-hydrogen) atoms. The van der Waals surface area contributed by atoms with Crippen molar-refractivity contribution in [3.05, 3.63) is 29.8 Å². The molecule has 0 aliphatic heterocycles. The van der Waals surface area contributed by atoms with E-state index in [0.29, 0.717) is 6.42 Å². The van der Waals surface area contributed by atoms with Crippen LogP contribution in [0.5, 0.6) is 5.75 Å². The maximum atomic E-state index is 10.3. The molecule has 1 unspecified atom stereocenters. The van der Waals surface area contributed by atoms with Crippen molar-refractivity contribution in [3.8, 4) is 5.75 Å². The molecule has 1 aromatic rings. The van der Waals surface area contributed by atoms with Gasteiger partial charge >= 0.3 is 0 Å². The van der Waals surface area contributed by atoms with E-state index in [4.69, 9.17) is 4.74 Å². The van der Waals surface area contributed by atoms with E-state index < -0.39 is 6.10 Å². The largest absolute Gasteiger partial charge is 0.497 e. The van der Waals surface area contributed by atoms with Crippen molar-refractivity contribution in [2.24, 2.45) is 0 Å². The van der Waals surface area contributed by atoms with Gasteiger partial charge in [0.15, 0.2) is 0 Å². The Hall–Kier alpha value is -1.06. The summed E-state index contributed by atoms with van der Waals surface area (Å²) in [5.74, 6) is 0.831. The van der Waals surface area contributed by atoms with Gasteiger partial charge in [-0.2, -0.15) is 0 Å². The lowest BCUT2D eigenvalue weighted by atomic mass is 9.91. The first-order chi connectivity index (χ1) is 7.87. The molecule has 0 saturated heterocycles. The van der Waals surface area contributed by atoms with Crippen LogP contribution in [0.3, 0.4) is 0 Å². The molecule has 0 spiro atoms. The predicted molar refractivity (Wildman–Crippen MR) is 70.5 cm³/mol. The van der Waals surface area contributed by atoms with Crippen LogP contribution in [0.15, 0.2) is 24.3 Å². The van der Waals surface area contributed by atoms with Crippen molar-refractivity contribution in [3.63, 3.8) is 0 Å². The first-order valence-corrected chi connectivity index (χ1v) is 5.86. The maximum absolute atomic E-state index is 10.3. The lowest BCUT2D eigenvalue weighted by Crippen LogP contribution is -2.49. The molecule has 1 rings (SSSR count). The van der Waals surface area contributed by atoms with Crippen LogP contribution in [0.4, 0.5) is 0 Å². The van der Waals surface area contributed by atoms with Gasteiger partial charge in [0.2, 0.25) is 0 Å². The molecule has 3 nitrogen and oxygen atoms in total. The van der Waals surface area contributed by atoms with Crippen LogP contribution in [0.2, 0.25) is 0 Å². The molecule has 0 bridgehead atoms. The minimum Gasteiger partial charge on any atom is -0.497 e. The Morgan fingerprint density at radius 1 is 1.35 bits per heavy atom. The Morgan fingerprint density at radius 3 is 2.53 bits per heavy atom. The molecular weight excluding hydrogens is 214 g/mol. The zero-order valence-corrected chi connectivity index (χ0v) is 11.4. The van der Waals surface area contributed by atoms with Gasteiger partial charge in [0.25, 0.3) is 0 Å². The molecule has 0 radical (unpaired) electrons. The molecule has 0 saturated carbocycles. The van der Waals surface area contributed by atoms with Crippen molar-refractivity contribution in [2.75, 3.05) is 21.2 Å². The summed E-state index contributed by atoms with van der Waals surface area (Å²) in [6.45, 7) is 4.08. The molecule has 1 atom stereocenters. The van der Waals surface area contributed by atoms with E-state index in [2.05, 4.69) is 0 Å². The number of nitrogens with zero attached hydrogens (tertiary/aromatic N) is 1. The second-order valence-corrected chi connectivity index (χ2v) is 5.12. The topological polar surface area (TPSA) is 32.7 Å². The van der Waals surface area contributed by atoms with Crippen molar-refractivity contribution in [2.45, 2.75) is 31.9 Å². The molecule has 96 valence electrons. The smallest absolute Gasteiger partial charge is 0.119 e. The van der Waals surface area contributed by atoms with Crippen molar-refractivity contribution in [1.29, 1.82) is 0 Å². The fourth-order valence-electron chi connectivity index (χ4n) is 1.57. The molecule has 3 heteroatoms. The second kappa shape index (κ2) is 5.52. The predicted octanol–water partition coefficient (Wildman–Crippen LogP) is 1.94. The first kappa shape index (κ1) is 14.0. The van der Waals surface area contributed by atoms with E-state index in [1.54, 1.807) is 7.11 Å². The van der Waals surface area contributed by atoms with Gasteiger partial charge < -0.3 is 14.7 Å². The van der Waals surface area contributed by atoms with Crippen molar-refractivity contribution < 1.29 is 9.84 Å². The fourth-order valence-corrected chi connectivity index (χ4v) is 1.57. The van der Waals surface area contributed by atoms with Crippen LogP contribution in [0, 0.1) is 0 Å². The highest BCUT2D eigenvalue weighted by Gasteiger charge is 2.29. The molecule has 1 N–H and O–H groups in total. The highest BCUT2D eigenvalue weighted by molar-refractivity contribution is 5.29. The second-order valence-electron chi connectivity index (χ2n) is 5.12. The lowest BCUT2D eigenvalue weighted by molar-refractivity contribution is 0.0182. The van der Waals surface area contributed by atoms with Crippen LogP contribution in [-0.2, 0) is 6.42 Å². The fraction of sp³-hybridized carbons (Fsp3) is 0.571. The molecular formula is C14H23NO2. The number of aliphatic hydroxyl groups excluding tert-OH is 1. The minimum atomic E-state index is -0.412. The van der Waals surface area contributed by atoms with Crippen LogP contribution in [-0.4, -0.2) is 42.9 Å². The summed E-state index contributed by atoms with van der Waals surface area (Å²) in [6, 6.07) is 7.84. The van der Waals surface area contributed by atoms with Crippen LogP contribution < -0.4 is 4.74 Å². The average Bonchev–Trinajstić information content (AvgIpc) is 2.29. The Labute approximate surface area is 104 Å². The summed E-state index contributed by atoms with van der Waals surface area (Å²) in [4.78, 5) is 2.04. The van der Waals surface area contributed by atoms with Crippen LogP contribution >= 0.6 is 0 Å². The quantitative estimate of drug-likeness (QED) is 0.849. The molecule has 0 aliphatic carbocycles. The zero-order valence-electron chi connectivity index (χ0n) is 11.4. The number of likely N-dealkylation sites (N-methyl/N-ethyl adjacent to an activating group) is 1. The van der Waals surface area contributed by atoms with Crippen LogP contribution in [0.25, 0.3) is 0 Å². The Morgan fingerprint density at radius 2 is 2.00 bits per heavy atom. The van der Waals surface area contributed by atoms with E-state index in [1.807, 2.05) is 57.1 Å². The van der Waals surface area contributed by atoms with Gasteiger partial charge in [-0.3, -0.25) is 0 Å². The molecule has 0 fully saturated rings. The van der Waals surface area contributed by atoms with Gasteiger partial charge in [0.1, 0.15) is 5.75 Å². The summed E-state index contributed by atoms with van der Waals surface area (Å²) in [7, 11) is 5.61. The van der Waals surface area contributed by atoms with Gasteiger partial charge in [0, 0.05) is 12.0 Å². The SMILES string of the molecule is COc1cccc(CC(O)C(C)(C)N(C)C)c1. The number of hydrogen-bond donors (Lipinski definition) is 1. The summed E-state index contributed by atoms with van der Waals surface area (Å²) in [5.41, 5.74) is 0.843. The van der Waals surface area contributed by atoms with Gasteiger partial charge in [-0.1, -0.05) is 12.1 Å². The molecule has 0 aromatic heterocycles. The molecule has 0 amide bonds. The van der Waals surface area contributed by atoms with Gasteiger partial charge in [-0.05, 0) is 45.6 Å². The Balaban J connectivity index is 2.77. The van der Waals surface area contributed by atoms with Crippen LogP contribution in [0.1, 0.15) is 19.4 Å². The number of benzene rings is 1. The molecule has 0 aliphatic rings. The Bertz CT molecular complexity index is 361. The average molecular weight is 237 g/mol. The summed E-state index contributed by atoms with van der Waals surface area (Å²) in [5, 5.41) is 10.3.